The summed E-state index contributed by atoms with van der Waals surface area (Å²) in [5.74, 6) is -1.05. The molecule has 0 saturated heterocycles. The lowest BCUT2D eigenvalue weighted by Crippen LogP contribution is -2.42. The standard InChI is InChI=1S/C26H29NO5/c1-19-9-12-21(13-10-19)25(28)32-26(29,22-7-5-4-6-8-22)18-27-16-15-20-11-14-23(30-2)24(17-20)31-3/h4-14,17,27,29H,15-16,18H2,1-3H3. The quantitative estimate of drug-likeness (QED) is 0.286. The van der Waals surface area contributed by atoms with Crippen LogP contribution in [-0.2, 0) is 16.9 Å². The molecule has 32 heavy (non-hydrogen) atoms. The lowest BCUT2D eigenvalue weighted by Gasteiger charge is -2.29. The van der Waals surface area contributed by atoms with Gasteiger partial charge in [-0.3, -0.25) is 0 Å². The maximum absolute atomic E-state index is 12.7. The van der Waals surface area contributed by atoms with E-state index in [-0.39, 0.29) is 6.54 Å². The first-order chi connectivity index (χ1) is 15.4. The molecule has 0 aliphatic heterocycles. The van der Waals surface area contributed by atoms with Crippen LogP contribution in [-0.4, -0.2) is 38.4 Å². The van der Waals surface area contributed by atoms with Gasteiger partial charge in [-0.25, -0.2) is 4.79 Å². The first-order valence-corrected chi connectivity index (χ1v) is 10.4. The van der Waals surface area contributed by atoms with Crippen molar-refractivity contribution in [2.45, 2.75) is 19.1 Å². The second-order valence-corrected chi connectivity index (χ2v) is 7.52. The Hall–Kier alpha value is -3.35. The van der Waals surface area contributed by atoms with Gasteiger partial charge in [-0.05, 0) is 49.7 Å². The van der Waals surface area contributed by atoms with Crippen molar-refractivity contribution in [3.05, 3.63) is 95.1 Å². The number of hydrogen-bond acceptors (Lipinski definition) is 6. The van der Waals surface area contributed by atoms with E-state index in [4.69, 9.17) is 14.2 Å². The highest BCUT2D eigenvalue weighted by atomic mass is 16.7. The smallest absolute Gasteiger partial charge is 0.340 e. The number of carbonyl (C=O) groups is 1. The average molecular weight is 436 g/mol. The summed E-state index contributed by atoms with van der Waals surface area (Å²) in [5, 5.41) is 14.5. The zero-order valence-corrected chi connectivity index (χ0v) is 18.6. The normalized spacial score (nSPS) is 12.6. The molecule has 6 nitrogen and oxygen atoms in total. The van der Waals surface area contributed by atoms with Crippen molar-refractivity contribution in [2.24, 2.45) is 0 Å². The molecule has 3 aromatic rings. The van der Waals surface area contributed by atoms with Gasteiger partial charge in [0, 0.05) is 5.56 Å². The number of esters is 1. The minimum atomic E-state index is -1.80. The van der Waals surface area contributed by atoms with Crippen molar-refractivity contribution in [2.75, 3.05) is 27.3 Å². The largest absolute Gasteiger partial charge is 0.493 e. The molecule has 0 fully saturated rings. The summed E-state index contributed by atoms with van der Waals surface area (Å²) in [5.41, 5.74) is 2.97. The van der Waals surface area contributed by atoms with Gasteiger partial charge in [-0.1, -0.05) is 54.1 Å². The first-order valence-electron chi connectivity index (χ1n) is 10.4. The van der Waals surface area contributed by atoms with E-state index < -0.39 is 11.8 Å². The molecule has 0 radical (unpaired) electrons. The van der Waals surface area contributed by atoms with Gasteiger partial charge in [0.25, 0.3) is 5.79 Å². The van der Waals surface area contributed by atoms with E-state index in [0.29, 0.717) is 35.6 Å². The number of aryl methyl sites for hydroxylation is 1. The molecular formula is C26H29NO5. The Balaban J connectivity index is 1.67. The molecule has 3 rings (SSSR count). The van der Waals surface area contributed by atoms with Gasteiger partial charge >= 0.3 is 5.97 Å². The zero-order valence-electron chi connectivity index (χ0n) is 18.6. The van der Waals surface area contributed by atoms with Crippen LogP contribution in [0.5, 0.6) is 11.5 Å². The average Bonchev–Trinajstić information content (AvgIpc) is 2.82. The second-order valence-electron chi connectivity index (χ2n) is 7.52. The lowest BCUT2D eigenvalue weighted by atomic mass is 10.0. The van der Waals surface area contributed by atoms with Crippen LogP contribution in [0.2, 0.25) is 0 Å². The molecule has 0 aromatic heterocycles. The summed E-state index contributed by atoms with van der Waals surface area (Å²) in [6, 6.07) is 21.7. The van der Waals surface area contributed by atoms with Crippen LogP contribution in [0.15, 0.2) is 72.8 Å². The minimum Gasteiger partial charge on any atom is -0.493 e. The van der Waals surface area contributed by atoms with Gasteiger partial charge in [0.15, 0.2) is 11.5 Å². The third kappa shape index (κ3) is 5.87. The summed E-state index contributed by atoms with van der Waals surface area (Å²) in [4.78, 5) is 12.7. The van der Waals surface area contributed by atoms with E-state index >= 15 is 0 Å². The van der Waals surface area contributed by atoms with E-state index in [1.807, 2.05) is 43.3 Å². The van der Waals surface area contributed by atoms with Crippen LogP contribution < -0.4 is 14.8 Å². The van der Waals surface area contributed by atoms with Crippen LogP contribution in [0.1, 0.15) is 27.0 Å². The molecule has 1 unspecified atom stereocenters. The van der Waals surface area contributed by atoms with Gasteiger partial charge in [-0.2, -0.15) is 0 Å². The third-order valence-corrected chi connectivity index (χ3v) is 5.18. The number of carbonyl (C=O) groups excluding carboxylic acids is 1. The van der Waals surface area contributed by atoms with Crippen LogP contribution in [0.3, 0.4) is 0 Å². The molecule has 0 aliphatic carbocycles. The van der Waals surface area contributed by atoms with Crippen LogP contribution in [0, 0.1) is 6.92 Å². The van der Waals surface area contributed by atoms with E-state index in [9.17, 15) is 9.90 Å². The van der Waals surface area contributed by atoms with Crippen LogP contribution in [0.4, 0.5) is 0 Å². The van der Waals surface area contributed by atoms with Crippen LogP contribution >= 0.6 is 0 Å². The summed E-state index contributed by atoms with van der Waals surface area (Å²) >= 11 is 0. The highest BCUT2D eigenvalue weighted by Gasteiger charge is 2.34. The number of nitrogens with one attached hydrogen (secondary N) is 1. The molecule has 0 saturated carbocycles. The molecule has 168 valence electrons. The summed E-state index contributed by atoms with van der Waals surface area (Å²) in [6.07, 6.45) is 0.692. The highest BCUT2D eigenvalue weighted by molar-refractivity contribution is 5.89. The molecule has 6 heteroatoms. The lowest BCUT2D eigenvalue weighted by molar-refractivity contribution is -0.170. The monoisotopic (exact) mass is 435 g/mol. The SMILES string of the molecule is COc1ccc(CCNCC(O)(OC(=O)c2ccc(C)cc2)c2ccccc2)cc1OC. The Kier molecular flexibility index (Phi) is 7.87. The summed E-state index contributed by atoms with van der Waals surface area (Å²) in [7, 11) is 3.20. The molecule has 0 aliphatic rings. The molecule has 0 amide bonds. The van der Waals surface area contributed by atoms with Gasteiger partial charge in [-0.15, -0.1) is 0 Å². The summed E-state index contributed by atoms with van der Waals surface area (Å²) < 4.78 is 16.2. The predicted molar refractivity (Wildman–Crippen MR) is 123 cm³/mol. The number of hydrogen-bond donors (Lipinski definition) is 2. The molecule has 0 spiro atoms. The molecule has 0 bridgehead atoms. The predicted octanol–water partition coefficient (Wildman–Crippen LogP) is 3.85. The Morgan fingerprint density at radius 2 is 1.62 bits per heavy atom. The topological polar surface area (TPSA) is 77.0 Å². The zero-order chi connectivity index (χ0) is 23.0. The van der Waals surface area contributed by atoms with E-state index in [0.717, 1.165) is 11.1 Å². The van der Waals surface area contributed by atoms with Gasteiger partial charge < -0.3 is 24.6 Å². The maximum Gasteiger partial charge on any atom is 0.340 e. The van der Waals surface area contributed by atoms with E-state index in [1.54, 1.807) is 50.6 Å². The highest BCUT2D eigenvalue weighted by Crippen LogP contribution is 2.28. The van der Waals surface area contributed by atoms with Crippen molar-refractivity contribution >= 4 is 5.97 Å². The molecule has 3 aromatic carbocycles. The summed E-state index contributed by atoms with van der Waals surface area (Å²) in [6.45, 7) is 2.55. The van der Waals surface area contributed by atoms with E-state index in [1.165, 1.54) is 0 Å². The number of aliphatic hydroxyl groups is 1. The fraction of sp³-hybridized carbons (Fsp3) is 0.269. The number of ether oxygens (including phenoxy) is 3. The Morgan fingerprint density at radius 3 is 2.28 bits per heavy atom. The Bertz CT molecular complexity index is 1020. The van der Waals surface area contributed by atoms with Crippen molar-refractivity contribution in [3.63, 3.8) is 0 Å². The number of benzene rings is 3. The van der Waals surface area contributed by atoms with Crippen LogP contribution in [0.25, 0.3) is 0 Å². The third-order valence-electron chi connectivity index (χ3n) is 5.18. The van der Waals surface area contributed by atoms with Crippen molar-refractivity contribution in [1.29, 1.82) is 0 Å². The first kappa shape index (κ1) is 23.3. The second kappa shape index (κ2) is 10.8. The van der Waals surface area contributed by atoms with E-state index in [2.05, 4.69) is 5.32 Å². The van der Waals surface area contributed by atoms with Crippen molar-refractivity contribution < 1.29 is 24.1 Å². The fourth-order valence-electron chi connectivity index (χ4n) is 3.32. The maximum atomic E-state index is 12.7. The molecule has 1 atom stereocenters. The van der Waals surface area contributed by atoms with Gasteiger partial charge in [0.1, 0.15) is 0 Å². The minimum absolute atomic E-state index is 0.0436. The fourth-order valence-corrected chi connectivity index (χ4v) is 3.32. The van der Waals surface area contributed by atoms with Crippen molar-refractivity contribution in [1.82, 2.24) is 5.32 Å². The Morgan fingerprint density at radius 1 is 0.938 bits per heavy atom. The molecule has 0 heterocycles. The number of methoxy groups -OCH3 is 2. The van der Waals surface area contributed by atoms with Gasteiger partial charge in [0.2, 0.25) is 0 Å². The van der Waals surface area contributed by atoms with Gasteiger partial charge in [0.05, 0.1) is 26.3 Å². The van der Waals surface area contributed by atoms with Crippen molar-refractivity contribution in [3.8, 4) is 11.5 Å². The number of rotatable bonds is 10. The molecule has 2 N–H and O–H groups in total. The molecular weight excluding hydrogens is 406 g/mol. The Labute approximate surface area is 188 Å².